The van der Waals surface area contributed by atoms with Crippen molar-refractivity contribution < 1.29 is 19.7 Å². The standard InChI is InChI=1S/C19H26O4/c1-12(2)7-6-8-13(3)9-10-15-18(21)16(14(4)20)11-17(23-5)19(15)22/h7,9,11,21-22H,6,8,10H2,1-5H3. The third-order valence-corrected chi connectivity index (χ3v) is 3.68. The molecule has 23 heavy (non-hydrogen) atoms. The second kappa shape index (κ2) is 8.42. The predicted octanol–water partition coefficient (Wildman–Crippen LogP) is 4.54. The summed E-state index contributed by atoms with van der Waals surface area (Å²) in [5.41, 5.74) is 2.92. The topological polar surface area (TPSA) is 66.8 Å². The fourth-order valence-electron chi connectivity index (χ4n) is 2.28. The second-order valence-electron chi connectivity index (χ2n) is 5.93. The Bertz CT molecular complexity index is 635. The van der Waals surface area contributed by atoms with Gasteiger partial charge in [0.25, 0.3) is 0 Å². The van der Waals surface area contributed by atoms with Gasteiger partial charge in [0, 0.05) is 5.56 Å². The number of aromatic hydroxyl groups is 2. The fraction of sp³-hybridized carbons (Fsp3) is 0.421. The lowest BCUT2D eigenvalue weighted by molar-refractivity contribution is 0.101. The van der Waals surface area contributed by atoms with Crippen molar-refractivity contribution in [2.24, 2.45) is 0 Å². The lowest BCUT2D eigenvalue weighted by Gasteiger charge is -2.13. The number of Topliss-reactive ketones (excluding diaryl/α,β-unsaturated/α-hetero) is 1. The number of rotatable bonds is 7. The first-order valence-corrected chi connectivity index (χ1v) is 7.69. The number of hydrogen-bond acceptors (Lipinski definition) is 4. The third-order valence-electron chi connectivity index (χ3n) is 3.68. The van der Waals surface area contributed by atoms with Gasteiger partial charge < -0.3 is 14.9 Å². The van der Waals surface area contributed by atoms with Crippen LogP contribution in [0.2, 0.25) is 0 Å². The number of carbonyl (C=O) groups is 1. The summed E-state index contributed by atoms with van der Waals surface area (Å²) in [7, 11) is 1.42. The van der Waals surface area contributed by atoms with Crippen molar-refractivity contribution in [3.05, 3.63) is 40.5 Å². The molecule has 0 aromatic heterocycles. The van der Waals surface area contributed by atoms with E-state index in [0.29, 0.717) is 12.0 Å². The summed E-state index contributed by atoms with van der Waals surface area (Å²) in [6, 6.07) is 1.36. The maximum absolute atomic E-state index is 11.6. The van der Waals surface area contributed by atoms with E-state index in [1.54, 1.807) is 0 Å². The number of carbonyl (C=O) groups excluding carboxylic acids is 1. The average molecular weight is 318 g/mol. The van der Waals surface area contributed by atoms with Crippen molar-refractivity contribution in [2.45, 2.75) is 47.0 Å². The van der Waals surface area contributed by atoms with Gasteiger partial charge in [-0.05, 0) is 53.0 Å². The molecular formula is C19H26O4. The Kier molecular flexibility index (Phi) is 6.89. The molecular weight excluding hydrogens is 292 g/mol. The Labute approximate surface area is 138 Å². The molecule has 0 saturated carbocycles. The van der Waals surface area contributed by atoms with Crippen LogP contribution in [-0.2, 0) is 6.42 Å². The zero-order valence-corrected chi connectivity index (χ0v) is 14.6. The molecule has 0 aliphatic heterocycles. The van der Waals surface area contributed by atoms with Crippen molar-refractivity contribution in [2.75, 3.05) is 7.11 Å². The summed E-state index contributed by atoms with van der Waals surface area (Å²) in [6.07, 6.45) is 6.34. The molecule has 0 aliphatic rings. The van der Waals surface area contributed by atoms with Crippen molar-refractivity contribution >= 4 is 5.78 Å². The lowest BCUT2D eigenvalue weighted by atomic mass is 9.99. The van der Waals surface area contributed by atoms with Gasteiger partial charge in [-0.3, -0.25) is 4.79 Å². The van der Waals surface area contributed by atoms with Gasteiger partial charge in [0.15, 0.2) is 17.3 Å². The van der Waals surface area contributed by atoms with Gasteiger partial charge >= 0.3 is 0 Å². The number of ketones is 1. The molecule has 0 bridgehead atoms. The third kappa shape index (κ3) is 5.16. The van der Waals surface area contributed by atoms with Crippen molar-refractivity contribution in [1.82, 2.24) is 0 Å². The zero-order valence-electron chi connectivity index (χ0n) is 14.6. The smallest absolute Gasteiger partial charge is 0.165 e. The average Bonchev–Trinajstić information content (AvgIpc) is 2.46. The molecule has 0 radical (unpaired) electrons. The number of ether oxygens (including phenoxy) is 1. The van der Waals surface area contributed by atoms with E-state index in [-0.39, 0.29) is 28.6 Å². The molecule has 0 saturated heterocycles. The monoisotopic (exact) mass is 318 g/mol. The lowest BCUT2D eigenvalue weighted by Crippen LogP contribution is -1.99. The Morgan fingerprint density at radius 1 is 1.13 bits per heavy atom. The van der Waals surface area contributed by atoms with Gasteiger partial charge in [-0.15, -0.1) is 0 Å². The molecule has 126 valence electrons. The van der Waals surface area contributed by atoms with Crippen LogP contribution in [0.5, 0.6) is 17.2 Å². The van der Waals surface area contributed by atoms with E-state index in [1.807, 2.05) is 13.0 Å². The van der Waals surface area contributed by atoms with Crippen LogP contribution in [0, 0.1) is 0 Å². The quantitative estimate of drug-likeness (QED) is 0.572. The largest absolute Gasteiger partial charge is 0.507 e. The molecule has 0 aliphatic carbocycles. The normalized spacial score (nSPS) is 11.3. The molecule has 4 nitrogen and oxygen atoms in total. The summed E-state index contributed by atoms with van der Waals surface area (Å²) in [4.78, 5) is 11.6. The molecule has 1 aromatic carbocycles. The van der Waals surface area contributed by atoms with Gasteiger partial charge in [0.1, 0.15) is 5.75 Å². The van der Waals surface area contributed by atoms with E-state index < -0.39 is 0 Å². The summed E-state index contributed by atoms with van der Waals surface area (Å²) in [5, 5.41) is 20.4. The van der Waals surface area contributed by atoms with Gasteiger partial charge in [0.05, 0.1) is 12.7 Å². The minimum absolute atomic E-state index is 0.122. The van der Waals surface area contributed by atoms with Gasteiger partial charge in [-0.25, -0.2) is 0 Å². The number of phenolic OH excluding ortho intramolecular Hbond substituents is 2. The van der Waals surface area contributed by atoms with Crippen molar-refractivity contribution in [3.8, 4) is 17.2 Å². The van der Waals surface area contributed by atoms with Crippen LogP contribution in [0.15, 0.2) is 29.4 Å². The summed E-state index contributed by atoms with van der Waals surface area (Å²) in [6.45, 7) is 7.51. The van der Waals surface area contributed by atoms with Crippen LogP contribution in [-0.4, -0.2) is 23.1 Å². The number of benzene rings is 1. The van der Waals surface area contributed by atoms with Crippen LogP contribution in [0.1, 0.15) is 56.5 Å². The van der Waals surface area contributed by atoms with Gasteiger partial charge in [0.2, 0.25) is 0 Å². The molecule has 0 atom stereocenters. The number of methoxy groups -OCH3 is 1. The van der Waals surface area contributed by atoms with Crippen LogP contribution >= 0.6 is 0 Å². The van der Waals surface area contributed by atoms with Crippen LogP contribution in [0.3, 0.4) is 0 Å². The highest BCUT2D eigenvalue weighted by Gasteiger charge is 2.19. The van der Waals surface area contributed by atoms with Crippen LogP contribution < -0.4 is 4.74 Å². The van der Waals surface area contributed by atoms with Crippen molar-refractivity contribution in [3.63, 3.8) is 0 Å². The van der Waals surface area contributed by atoms with E-state index >= 15 is 0 Å². The molecule has 0 amide bonds. The van der Waals surface area contributed by atoms with E-state index in [0.717, 1.165) is 18.4 Å². The number of allylic oxidation sites excluding steroid dienone is 4. The first kappa shape index (κ1) is 18.8. The first-order valence-electron chi connectivity index (χ1n) is 7.69. The van der Waals surface area contributed by atoms with E-state index in [9.17, 15) is 15.0 Å². The highest BCUT2D eigenvalue weighted by Crippen LogP contribution is 2.39. The molecule has 4 heteroatoms. The fourth-order valence-corrected chi connectivity index (χ4v) is 2.28. The summed E-state index contributed by atoms with van der Waals surface area (Å²) >= 11 is 0. The Hall–Kier alpha value is -2.23. The second-order valence-corrected chi connectivity index (χ2v) is 5.93. The molecule has 1 aromatic rings. The van der Waals surface area contributed by atoms with Crippen molar-refractivity contribution in [1.29, 1.82) is 0 Å². The maximum atomic E-state index is 11.6. The highest BCUT2D eigenvalue weighted by atomic mass is 16.5. The minimum atomic E-state index is -0.272. The summed E-state index contributed by atoms with van der Waals surface area (Å²) < 4.78 is 5.09. The van der Waals surface area contributed by atoms with Crippen LogP contribution in [0.25, 0.3) is 0 Å². The van der Waals surface area contributed by atoms with Gasteiger partial charge in [-0.1, -0.05) is 23.3 Å². The minimum Gasteiger partial charge on any atom is -0.507 e. The first-order chi connectivity index (χ1) is 10.8. The number of phenols is 2. The molecule has 1 rings (SSSR count). The highest BCUT2D eigenvalue weighted by molar-refractivity contribution is 5.98. The SMILES string of the molecule is COc1cc(C(C)=O)c(O)c(CC=C(C)CCC=C(C)C)c1O. The van der Waals surface area contributed by atoms with Gasteiger partial charge in [-0.2, -0.15) is 0 Å². The molecule has 0 spiro atoms. The Morgan fingerprint density at radius 2 is 1.78 bits per heavy atom. The number of hydrogen-bond donors (Lipinski definition) is 2. The zero-order chi connectivity index (χ0) is 17.6. The van der Waals surface area contributed by atoms with E-state index in [2.05, 4.69) is 19.9 Å². The maximum Gasteiger partial charge on any atom is 0.165 e. The molecule has 0 unspecified atom stereocenters. The molecule has 2 N–H and O–H groups in total. The Balaban J connectivity index is 3.05. The Morgan fingerprint density at radius 3 is 2.30 bits per heavy atom. The summed E-state index contributed by atoms with van der Waals surface area (Å²) in [5.74, 6) is -0.377. The molecule has 0 fully saturated rings. The van der Waals surface area contributed by atoms with Crippen LogP contribution in [0.4, 0.5) is 0 Å². The predicted molar refractivity (Wildman–Crippen MR) is 92.5 cm³/mol. The van der Waals surface area contributed by atoms with E-state index in [1.165, 1.54) is 25.7 Å². The van der Waals surface area contributed by atoms with E-state index in [4.69, 9.17) is 4.74 Å². The molecule has 0 heterocycles.